The number of benzene rings is 1. The molecule has 1 amide bonds. The van der Waals surface area contributed by atoms with Crippen molar-refractivity contribution >= 4 is 11.9 Å². The second-order valence-corrected chi connectivity index (χ2v) is 7.73. The average molecular weight is 407 g/mol. The van der Waals surface area contributed by atoms with Crippen LogP contribution in [0.25, 0.3) is 0 Å². The Bertz CT molecular complexity index is 655. The van der Waals surface area contributed by atoms with Gasteiger partial charge in [-0.2, -0.15) is 0 Å². The van der Waals surface area contributed by atoms with E-state index in [1.165, 1.54) is 13.2 Å². The van der Waals surface area contributed by atoms with Crippen molar-refractivity contribution in [1.82, 2.24) is 10.6 Å². The zero-order valence-electron chi connectivity index (χ0n) is 18.0. The van der Waals surface area contributed by atoms with E-state index in [0.717, 1.165) is 12.0 Å². The van der Waals surface area contributed by atoms with E-state index in [9.17, 15) is 14.7 Å². The molecule has 0 saturated carbocycles. The summed E-state index contributed by atoms with van der Waals surface area (Å²) < 4.78 is 10.0. The fourth-order valence-corrected chi connectivity index (χ4v) is 2.65. The van der Waals surface area contributed by atoms with Crippen molar-refractivity contribution in [3.8, 4) is 0 Å². The normalized spacial score (nSPS) is 15.0. The van der Waals surface area contributed by atoms with Crippen LogP contribution in [0.1, 0.15) is 46.1 Å². The minimum atomic E-state index is -1.26. The van der Waals surface area contributed by atoms with Crippen molar-refractivity contribution in [3.63, 3.8) is 0 Å². The number of rotatable bonds is 11. The molecule has 0 bridgehead atoms. The van der Waals surface area contributed by atoms with Crippen LogP contribution in [0.15, 0.2) is 42.5 Å². The Morgan fingerprint density at radius 3 is 2.41 bits per heavy atom. The van der Waals surface area contributed by atoms with E-state index in [2.05, 4.69) is 15.4 Å². The Morgan fingerprint density at radius 1 is 1.21 bits per heavy atom. The predicted octanol–water partition coefficient (Wildman–Crippen LogP) is 2.29. The molecule has 0 saturated heterocycles. The molecule has 29 heavy (non-hydrogen) atoms. The highest BCUT2D eigenvalue weighted by atomic mass is 16.6. The minimum Gasteiger partial charge on any atom is -0.466 e. The van der Waals surface area contributed by atoms with Gasteiger partial charge < -0.3 is 19.9 Å². The summed E-state index contributed by atoms with van der Waals surface area (Å²) in [5.74, 6) is -0.764. The van der Waals surface area contributed by atoms with E-state index in [1.807, 2.05) is 58.0 Å². The summed E-state index contributed by atoms with van der Waals surface area (Å²) >= 11 is 0. The zero-order chi connectivity index (χ0) is 21.9. The van der Waals surface area contributed by atoms with Crippen LogP contribution in [-0.2, 0) is 25.5 Å². The third-order valence-corrected chi connectivity index (χ3v) is 4.11. The van der Waals surface area contributed by atoms with Crippen LogP contribution in [0.3, 0.4) is 0 Å². The lowest BCUT2D eigenvalue weighted by molar-refractivity contribution is -0.187. The van der Waals surface area contributed by atoms with Gasteiger partial charge >= 0.3 is 5.97 Å². The molecule has 0 radical (unpaired) electrons. The fraction of sp³-hybridized carbons (Fsp3) is 0.545. The molecule has 0 aliphatic heterocycles. The monoisotopic (exact) mass is 406 g/mol. The van der Waals surface area contributed by atoms with Gasteiger partial charge in [0.25, 0.3) is 0 Å². The molecule has 0 heterocycles. The number of aliphatic hydroxyl groups excluding tert-OH is 1. The number of carbonyl (C=O) groups excluding carboxylic acids is 2. The van der Waals surface area contributed by atoms with Crippen LogP contribution in [0.5, 0.6) is 0 Å². The summed E-state index contributed by atoms with van der Waals surface area (Å²) in [5.41, 5.74) is 0.584. The minimum absolute atomic E-state index is 0.281. The Balaban J connectivity index is 2.76. The number of hydrogen-bond donors (Lipinski definition) is 3. The molecule has 162 valence electrons. The second kappa shape index (κ2) is 12.4. The maximum atomic E-state index is 12.7. The summed E-state index contributed by atoms with van der Waals surface area (Å²) in [7, 11) is 1.30. The van der Waals surface area contributed by atoms with E-state index < -0.39 is 24.0 Å². The smallest absolute Gasteiger partial charge is 0.330 e. The van der Waals surface area contributed by atoms with E-state index in [-0.39, 0.29) is 11.9 Å². The number of nitrogens with one attached hydrogen (secondary N) is 2. The number of hydrogen-bond acceptors (Lipinski definition) is 6. The van der Waals surface area contributed by atoms with Gasteiger partial charge in [-0.3, -0.25) is 10.1 Å². The Morgan fingerprint density at radius 2 is 1.86 bits per heavy atom. The molecule has 3 atom stereocenters. The standard InChI is InChI=1S/C22H34N2O5/c1-6-18(24-21(27)29-22(2,3)4)20(26)23-17(14-15-19(25)28-5)13-12-16-10-8-7-9-11-16/h7-11,14-15,17-18,21,24,27H,6,12-13H2,1-5H3,(H,23,26). The van der Waals surface area contributed by atoms with Crippen LogP contribution >= 0.6 is 0 Å². The summed E-state index contributed by atoms with van der Waals surface area (Å²) in [6, 6.07) is 8.89. The number of aliphatic hydroxyl groups is 1. The number of aryl methyl sites for hydroxylation is 1. The largest absolute Gasteiger partial charge is 0.466 e. The molecular weight excluding hydrogens is 372 g/mol. The van der Waals surface area contributed by atoms with Gasteiger partial charge in [0, 0.05) is 12.1 Å². The van der Waals surface area contributed by atoms with E-state index >= 15 is 0 Å². The maximum Gasteiger partial charge on any atom is 0.330 e. The van der Waals surface area contributed by atoms with E-state index in [1.54, 1.807) is 6.08 Å². The molecule has 0 aliphatic rings. The van der Waals surface area contributed by atoms with Crippen molar-refractivity contribution in [2.24, 2.45) is 0 Å². The van der Waals surface area contributed by atoms with Crippen molar-refractivity contribution in [1.29, 1.82) is 0 Å². The van der Waals surface area contributed by atoms with Gasteiger partial charge in [-0.05, 0) is 45.6 Å². The lowest BCUT2D eigenvalue weighted by Gasteiger charge is -2.28. The number of methoxy groups -OCH3 is 1. The quantitative estimate of drug-likeness (QED) is 0.296. The molecule has 3 unspecified atom stereocenters. The highest BCUT2D eigenvalue weighted by Gasteiger charge is 2.24. The van der Waals surface area contributed by atoms with Crippen molar-refractivity contribution < 1.29 is 24.2 Å². The topological polar surface area (TPSA) is 96.9 Å². The van der Waals surface area contributed by atoms with Crippen LogP contribution < -0.4 is 10.6 Å². The van der Waals surface area contributed by atoms with Crippen LogP contribution in [0, 0.1) is 0 Å². The summed E-state index contributed by atoms with van der Waals surface area (Å²) in [5, 5.41) is 15.7. The third-order valence-electron chi connectivity index (χ3n) is 4.11. The fourth-order valence-electron chi connectivity index (χ4n) is 2.65. The molecule has 1 aromatic rings. The van der Waals surface area contributed by atoms with Gasteiger partial charge in [0.05, 0.1) is 18.8 Å². The van der Waals surface area contributed by atoms with Gasteiger partial charge in [0.15, 0.2) is 0 Å². The second-order valence-electron chi connectivity index (χ2n) is 7.73. The van der Waals surface area contributed by atoms with Crippen molar-refractivity contribution in [3.05, 3.63) is 48.0 Å². The highest BCUT2D eigenvalue weighted by molar-refractivity contribution is 5.83. The van der Waals surface area contributed by atoms with Gasteiger partial charge in [0.1, 0.15) is 0 Å². The van der Waals surface area contributed by atoms with Gasteiger partial charge in [-0.15, -0.1) is 0 Å². The number of ether oxygens (including phenoxy) is 2. The Labute approximate surface area is 173 Å². The Kier molecular flexibility index (Phi) is 10.6. The SMILES string of the molecule is CCC(NC(O)OC(C)(C)C)C(=O)NC(C=CC(=O)OC)CCc1ccccc1. The third kappa shape index (κ3) is 10.8. The van der Waals surface area contributed by atoms with E-state index in [0.29, 0.717) is 12.8 Å². The number of esters is 1. The molecular formula is C22H34N2O5. The van der Waals surface area contributed by atoms with Gasteiger partial charge in [0.2, 0.25) is 12.3 Å². The molecule has 0 aliphatic carbocycles. The molecule has 0 fully saturated rings. The van der Waals surface area contributed by atoms with Crippen LogP contribution in [-0.4, -0.2) is 48.2 Å². The first-order valence-electron chi connectivity index (χ1n) is 9.87. The van der Waals surface area contributed by atoms with Gasteiger partial charge in [-0.25, -0.2) is 4.79 Å². The Hall–Kier alpha value is -2.22. The molecule has 0 spiro atoms. The molecule has 3 N–H and O–H groups in total. The first-order valence-corrected chi connectivity index (χ1v) is 9.87. The first-order chi connectivity index (χ1) is 13.6. The molecule has 7 nitrogen and oxygen atoms in total. The molecule has 1 rings (SSSR count). The summed E-state index contributed by atoms with van der Waals surface area (Å²) in [4.78, 5) is 24.2. The molecule has 1 aromatic carbocycles. The first kappa shape index (κ1) is 24.8. The predicted molar refractivity (Wildman–Crippen MR) is 112 cm³/mol. The van der Waals surface area contributed by atoms with Crippen molar-refractivity contribution in [2.45, 2.75) is 71.1 Å². The van der Waals surface area contributed by atoms with Crippen molar-refractivity contribution in [2.75, 3.05) is 7.11 Å². The lowest BCUT2D eigenvalue weighted by atomic mass is 10.0. The number of amides is 1. The highest BCUT2D eigenvalue weighted by Crippen LogP contribution is 2.10. The summed E-state index contributed by atoms with van der Waals surface area (Å²) in [6.07, 6.45) is 3.48. The molecule has 0 aromatic heterocycles. The molecule has 7 heteroatoms. The summed E-state index contributed by atoms with van der Waals surface area (Å²) in [6.45, 7) is 7.28. The zero-order valence-corrected chi connectivity index (χ0v) is 18.0. The van der Waals surface area contributed by atoms with Crippen LogP contribution in [0.4, 0.5) is 0 Å². The average Bonchev–Trinajstić information content (AvgIpc) is 2.67. The lowest BCUT2D eigenvalue weighted by Crippen LogP contribution is -2.52. The van der Waals surface area contributed by atoms with Crippen LogP contribution in [0.2, 0.25) is 0 Å². The number of carbonyl (C=O) groups is 2. The van der Waals surface area contributed by atoms with E-state index in [4.69, 9.17) is 4.74 Å². The maximum absolute atomic E-state index is 12.7. The van der Waals surface area contributed by atoms with Gasteiger partial charge in [-0.1, -0.05) is 43.3 Å².